The Morgan fingerprint density at radius 2 is 1.75 bits per heavy atom. The van der Waals surface area contributed by atoms with E-state index in [2.05, 4.69) is 0 Å². The van der Waals surface area contributed by atoms with Gasteiger partial charge in [-0.05, 0) is 25.2 Å². The van der Waals surface area contributed by atoms with Gasteiger partial charge in [-0.3, -0.25) is 14.5 Å². The van der Waals surface area contributed by atoms with Crippen molar-refractivity contribution in [2.75, 3.05) is 6.61 Å². The number of aliphatic hydroxyl groups is 1. The summed E-state index contributed by atoms with van der Waals surface area (Å²) in [5.41, 5.74) is -0.0418. The third-order valence-electron chi connectivity index (χ3n) is 3.96. The topological polar surface area (TPSA) is 57.6 Å². The summed E-state index contributed by atoms with van der Waals surface area (Å²) in [6.45, 7) is 1.56. The van der Waals surface area contributed by atoms with Crippen LogP contribution in [0.5, 0.6) is 0 Å². The predicted octanol–water partition coefficient (Wildman–Crippen LogP) is 1.08. The molecule has 1 aliphatic heterocycles. The van der Waals surface area contributed by atoms with Gasteiger partial charge in [0, 0.05) is 12.8 Å². The van der Waals surface area contributed by atoms with E-state index in [0.29, 0.717) is 12.8 Å². The molecule has 1 N–H and O–H groups in total. The molecule has 1 heterocycles. The normalized spacial score (nSPS) is 26.5. The Morgan fingerprint density at radius 1 is 1.25 bits per heavy atom. The van der Waals surface area contributed by atoms with E-state index in [1.807, 2.05) is 0 Å². The van der Waals surface area contributed by atoms with E-state index in [0.717, 1.165) is 25.7 Å². The van der Waals surface area contributed by atoms with Crippen molar-refractivity contribution in [1.82, 2.24) is 4.90 Å². The predicted molar refractivity (Wildman–Crippen MR) is 58.5 cm³/mol. The molecule has 2 amide bonds. The van der Waals surface area contributed by atoms with Gasteiger partial charge in [0.25, 0.3) is 0 Å². The molecule has 2 fully saturated rings. The second-order valence-electron chi connectivity index (χ2n) is 5.25. The highest BCUT2D eigenvalue weighted by Crippen LogP contribution is 2.47. The fourth-order valence-corrected chi connectivity index (χ4v) is 3.07. The maximum absolute atomic E-state index is 12.0. The molecule has 1 atom stereocenters. The first kappa shape index (κ1) is 11.6. The molecule has 0 radical (unpaired) electrons. The lowest BCUT2D eigenvalue weighted by atomic mass is 9.76. The Balaban J connectivity index is 2.13. The van der Waals surface area contributed by atoms with Gasteiger partial charge in [-0.2, -0.15) is 0 Å². The fraction of sp³-hybridized carbons (Fsp3) is 0.833. The molecule has 0 aromatic carbocycles. The largest absolute Gasteiger partial charge is 0.394 e. The molecule has 0 aromatic heterocycles. The molecule has 2 aliphatic rings. The Kier molecular flexibility index (Phi) is 3.02. The number of likely N-dealkylation sites (tertiary alicyclic amines) is 1. The zero-order valence-electron chi connectivity index (χ0n) is 9.74. The number of aliphatic hydroxyl groups excluding tert-OH is 1. The van der Waals surface area contributed by atoms with Gasteiger partial charge in [0.2, 0.25) is 11.8 Å². The molecule has 16 heavy (non-hydrogen) atoms. The van der Waals surface area contributed by atoms with Crippen LogP contribution in [0.2, 0.25) is 0 Å². The molecule has 1 spiro atoms. The van der Waals surface area contributed by atoms with E-state index in [-0.39, 0.29) is 29.9 Å². The van der Waals surface area contributed by atoms with E-state index in [1.165, 1.54) is 4.90 Å². The Morgan fingerprint density at radius 3 is 2.19 bits per heavy atom. The fourth-order valence-electron chi connectivity index (χ4n) is 3.07. The smallest absolute Gasteiger partial charge is 0.230 e. The van der Waals surface area contributed by atoms with Crippen LogP contribution in [0.1, 0.15) is 45.4 Å². The number of piperidine rings is 1. The summed E-state index contributed by atoms with van der Waals surface area (Å²) in [6.07, 6.45) is 5.26. The minimum Gasteiger partial charge on any atom is -0.394 e. The van der Waals surface area contributed by atoms with Gasteiger partial charge in [-0.15, -0.1) is 0 Å². The molecule has 2 rings (SSSR count). The van der Waals surface area contributed by atoms with E-state index < -0.39 is 0 Å². The van der Waals surface area contributed by atoms with Crippen LogP contribution in [0, 0.1) is 5.41 Å². The van der Waals surface area contributed by atoms with Gasteiger partial charge in [-0.25, -0.2) is 0 Å². The molecule has 0 aromatic rings. The van der Waals surface area contributed by atoms with Crippen LogP contribution in [0.3, 0.4) is 0 Å². The molecular formula is C12H19NO3. The minimum absolute atomic E-state index is 0.0418. The maximum Gasteiger partial charge on any atom is 0.230 e. The second-order valence-corrected chi connectivity index (χ2v) is 5.25. The van der Waals surface area contributed by atoms with Crippen molar-refractivity contribution < 1.29 is 14.7 Å². The van der Waals surface area contributed by atoms with E-state index in [1.54, 1.807) is 6.92 Å². The Labute approximate surface area is 95.6 Å². The van der Waals surface area contributed by atoms with Crippen LogP contribution in [0.15, 0.2) is 0 Å². The quantitative estimate of drug-likeness (QED) is 0.715. The van der Waals surface area contributed by atoms with Gasteiger partial charge in [-0.1, -0.05) is 12.8 Å². The average molecular weight is 225 g/mol. The zero-order valence-corrected chi connectivity index (χ0v) is 9.74. The average Bonchev–Trinajstić information content (AvgIpc) is 2.64. The van der Waals surface area contributed by atoms with Crippen molar-refractivity contribution in [2.45, 2.75) is 51.5 Å². The van der Waals surface area contributed by atoms with Crippen LogP contribution in [-0.4, -0.2) is 34.5 Å². The number of rotatable bonds is 2. The van der Waals surface area contributed by atoms with Crippen molar-refractivity contribution in [2.24, 2.45) is 5.41 Å². The SMILES string of the molecule is C[C@H](CO)N1C(=O)CC2(CCCC2)CC1=O. The van der Waals surface area contributed by atoms with Crippen molar-refractivity contribution in [3.8, 4) is 0 Å². The standard InChI is InChI=1S/C12H19NO3/c1-9(8-14)13-10(15)6-12(7-11(13)16)4-2-3-5-12/h9,14H,2-8H2,1H3/t9-/m1/s1. The lowest BCUT2D eigenvalue weighted by molar-refractivity contribution is -0.156. The summed E-state index contributed by atoms with van der Waals surface area (Å²) >= 11 is 0. The summed E-state index contributed by atoms with van der Waals surface area (Å²) in [4.78, 5) is 25.2. The van der Waals surface area contributed by atoms with Crippen LogP contribution in [0.25, 0.3) is 0 Å². The van der Waals surface area contributed by atoms with Crippen LogP contribution in [0.4, 0.5) is 0 Å². The lowest BCUT2D eigenvalue weighted by Crippen LogP contribution is -2.52. The molecule has 0 unspecified atom stereocenters. The van der Waals surface area contributed by atoms with Gasteiger partial charge >= 0.3 is 0 Å². The van der Waals surface area contributed by atoms with Crippen molar-refractivity contribution >= 4 is 11.8 Å². The molecule has 1 aliphatic carbocycles. The number of hydrogen-bond acceptors (Lipinski definition) is 3. The molecule has 90 valence electrons. The zero-order chi connectivity index (χ0) is 11.8. The van der Waals surface area contributed by atoms with Gasteiger partial charge in [0.15, 0.2) is 0 Å². The highest BCUT2D eigenvalue weighted by atomic mass is 16.3. The monoisotopic (exact) mass is 225 g/mol. The summed E-state index contributed by atoms with van der Waals surface area (Å²) in [7, 11) is 0. The highest BCUT2D eigenvalue weighted by Gasteiger charge is 2.45. The third kappa shape index (κ3) is 1.86. The van der Waals surface area contributed by atoms with E-state index >= 15 is 0 Å². The Bertz CT molecular complexity index is 287. The first-order valence-electron chi connectivity index (χ1n) is 6.04. The minimum atomic E-state index is -0.376. The Hall–Kier alpha value is -0.900. The number of carbonyl (C=O) groups is 2. The van der Waals surface area contributed by atoms with Crippen molar-refractivity contribution in [3.05, 3.63) is 0 Å². The van der Waals surface area contributed by atoms with E-state index in [9.17, 15) is 9.59 Å². The molecule has 1 saturated carbocycles. The van der Waals surface area contributed by atoms with Crippen LogP contribution in [-0.2, 0) is 9.59 Å². The number of hydrogen-bond donors (Lipinski definition) is 1. The lowest BCUT2D eigenvalue weighted by Gasteiger charge is -2.39. The highest BCUT2D eigenvalue weighted by molar-refractivity contribution is 5.99. The van der Waals surface area contributed by atoms with Crippen LogP contribution >= 0.6 is 0 Å². The van der Waals surface area contributed by atoms with Gasteiger partial charge in [0.1, 0.15) is 0 Å². The van der Waals surface area contributed by atoms with E-state index in [4.69, 9.17) is 5.11 Å². The van der Waals surface area contributed by atoms with Gasteiger partial charge < -0.3 is 5.11 Å². The van der Waals surface area contributed by atoms with Gasteiger partial charge in [0.05, 0.1) is 12.6 Å². The molecule has 4 heteroatoms. The number of amides is 2. The van der Waals surface area contributed by atoms with Crippen molar-refractivity contribution in [1.29, 1.82) is 0 Å². The second kappa shape index (κ2) is 4.17. The van der Waals surface area contributed by atoms with Crippen LogP contribution < -0.4 is 0 Å². The first-order chi connectivity index (χ1) is 7.58. The summed E-state index contributed by atoms with van der Waals surface area (Å²) in [6, 6.07) is -0.376. The summed E-state index contributed by atoms with van der Waals surface area (Å²) < 4.78 is 0. The number of carbonyl (C=O) groups excluding carboxylic acids is 2. The third-order valence-corrected chi connectivity index (χ3v) is 3.96. The summed E-state index contributed by atoms with van der Waals surface area (Å²) in [5.74, 6) is -0.195. The first-order valence-corrected chi connectivity index (χ1v) is 6.04. The van der Waals surface area contributed by atoms with Crippen molar-refractivity contribution in [3.63, 3.8) is 0 Å². The summed E-state index contributed by atoms with van der Waals surface area (Å²) in [5, 5.41) is 9.03. The number of nitrogens with zero attached hydrogens (tertiary/aromatic N) is 1. The maximum atomic E-state index is 12.0. The number of imide groups is 1. The molecule has 1 saturated heterocycles. The molecule has 4 nitrogen and oxygen atoms in total. The molecule has 0 bridgehead atoms. The molecular weight excluding hydrogens is 206 g/mol.